The van der Waals surface area contributed by atoms with Gasteiger partial charge in [-0.15, -0.1) is 11.8 Å². The van der Waals surface area contributed by atoms with Crippen LogP contribution in [0.1, 0.15) is 19.0 Å². The van der Waals surface area contributed by atoms with Crippen LogP contribution in [0.5, 0.6) is 0 Å². The fourth-order valence-electron chi connectivity index (χ4n) is 0.716. The SMILES string of the molecule is CCCSc1cc(C)ncn1. The molecular weight excluding hydrogens is 156 g/mol. The Kier molecular flexibility index (Phi) is 3.36. The van der Waals surface area contributed by atoms with E-state index in [0.29, 0.717) is 0 Å². The van der Waals surface area contributed by atoms with Crippen molar-refractivity contribution in [3.8, 4) is 0 Å². The molecule has 2 nitrogen and oxygen atoms in total. The zero-order valence-corrected chi connectivity index (χ0v) is 7.69. The monoisotopic (exact) mass is 168 g/mol. The molecule has 3 heteroatoms. The molecule has 0 amide bonds. The second-order valence-electron chi connectivity index (χ2n) is 2.35. The average Bonchev–Trinajstić information content (AvgIpc) is 2.01. The van der Waals surface area contributed by atoms with Crippen molar-refractivity contribution < 1.29 is 0 Å². The first-order valence-electron chi connectivity index (χ1n) is 3.74. The minimum atomic E-state index is 1.04. The van der Waals surface area contributed by atoms with E-state index >= 15 is 0 Å². The van der Waals surface area contributed by atoms with Gasteiger partial charge in [-0.05, 0) is 25.2 Å². The second-order valence-corrected chi connectivity index (χ2v) is 3.46. The molecule has 1 aromatic rings. The molecular formula is C8H12N2S. The van der Waals surface area contributed by atoms with Gasteiger partial charge >= 0.3 is 0 Å². The van der Waals surface area contributed by atoms with Crippen molar-refractivity contribution in [2.75, 3.05) is 5.75 Å². The molecule has 0 saturated heterocycles. The van der Waals surface area contributed by atoms with Gasteiger partial charge in [0.15, 0.2) is 0 Å². The van der Waals surface area contributed by atoms with Crippen LogP contribution in [0.3, 0.4) is 0 Å². The van der Waals surface area contributed by atoms with Crippen molar-refractivity contribution in [3.05, 3.63) is 18.1 Å². The molecule has 0 unspecified atom stereocenters. The van der Waals surface area contributed by atoms with Gasteiger partial charge in [0, 0.05) is 5.69 Å². The van der Waals surface area contributed by atoms with Crippen LogP contribution in [0.2, 0.25) is 0 Å². The van der Waals surface area contributed by atoms with E-state index in [4.69, 9.17) is 0 Å². The minimum absolute atomic E-state index is 1.04. The molecule has 0 N–H and O–H groups in total. The third kappa shape index (κ3) is 2.89. The van der Waals surface area contributed by atoms with E-state index in [0.717, 1.165) is 16.5 Å². The Labute approximate surface area is 71.5 Å². The van der Waals surface area contributed by atoms with Gasteiger partial charge in [0.25, 0.3) is 0 Å². The Bertz CT molecular complexity index is 225. The van der Waals surface area contributed by atoms with Crippen LogP contribution < -0.4 is 0 Å². The Hall–Kier alpha value is -0.570. The van der Waals surface area contributed by atoms with Crippen LogP contribution in [0.15, 0.2) is 17.4 Å². The van der Waals surface area contributed by atoms with E-state index in [1.807, 2.05) is 13.0 Å². The van der Waals surface area contributed by atoms with Crippen LogP contribution in [-0.2, 0) is 0 Å². The predicted octanol–water partition coefficient (Wildman–Crippen LogP) is 2.29. The Morgan fingerprint density at radius 3 is 2.91 bits per heavy atom. The fourth-order valence-corrected chi connectivity index (χ4v) is 1.50. The number of hydrogen-bond acceptors (Lipinski definition) is 3. The van der Waals surface area contributed by atoms with E-state index < -0.39 is 0 Å². The van der Waals surface area contributed by atoms with Crippen molar-refractivity contribution in [2.45, 2.75) is 25.3 Å². The molecule has 0 aliphatic heterocycles. The molecule has 1 heterocycles. The summed E-state index contributed by atoms with van der Waals surface area (Å²) in [4.78, 5) is 8.15. The maximum atomic E-state index is 4.13. The zero-order valence-electron chi connectivity index (χ0n) is 6.87. The van der Waals surface area contributed by atoms with Crippen molar-refractivity contribution in [2.24, 2.45) is 0 Å². The molecule has 11 heavy (non-hydrogen) atoms. The van der Waals surface area contributed by atoms with Crippen LogP contribution >= 0.6 is 11.8 Å². The number of hydrogen-bond donors (Lipinski definition) is 0. The highest BCUT2D eigenvalue weighted by molar-refractivity contribution is 7.99. The first kappa shape index (κ1) is 8.53. The standard InChI is InChI=1S/C8H12N2S/c1-3-4-11-8-5-7(2)9-6-10-8/h5-6H,3-4H2,1-2H3. The average molecular weight is 168 g/mol. The summed E-state index contributed by atoms with van der Waals surface area (Å²) in [5.41, 5.74) is 1.04. The smallest absolute Gasteiger partial charge is 0.116 e. The fraction of sp³-hybridized carbons (Fsp3) is 0.500. The van der Waals surface area contributed by atoms with Crippen LogP contribution in [0.25, 0.3) is 0 Å². The normalized spacial score (nSPS) is 10.0. The Morgan fingerprint density at radius 2 is 2.27 bits per heavy atom. The molecule has 0 bridgehead atoms. The first-order chi connectivity index (χ1) is 5.33. The third-order valence-corrected chi connectivity index (χ3v) is 2.36. The molecule has 1 rings (SSSR count). The Balaban J connectivity index is 2.56. The largest absolute Gasteiger partial charge is 0.242 e. The zero-order chi connectivity index (χ0) is 8.10. The molecule has 0 aliphatic rings. The first-order valence-corrected chi connectivity index (χ1v) is 4.73. The molecule has 0 spiro atoms. The lowest BCUT2D eigenvalue weighted by atomic mass is 10.5. The summed E-state index contributed by atoms with van der Waals surface area (Å²) >= 11 is 1.78. The molecule has 0 fully saturated rings. The quantitative estimate of drug-likeness (QED) is 0.511. The highest BCUT2D eigenvalue weighted by atomic mass is 32.2. The summed E-state index contributed by atoms with van der Waals surface area (Å²) in [5.74, 6) is 1.14. The topological polar surface area (TPSA) is 25.8 Å². The van der Waals surface area contributed by atoms with E-state index in [2.05, 4.69) is 16.9 Å². The predicted molar refractivity (Wildman–Crippen MR) is 47.8 cm³/mol. The molecule has 0 atom stereocenters. The highest BCUT2D eigenvalue weighted by Crippen LogP contribution is 2.15. The number of nitrogens with zero attached hydrogens (tertiary/aromatic N) is 2. The van der Waals surface area contributed by atoms with Crippen molar-refractivity contribution in [1.82, 2.24) is 9.97 Å². The summed E-state index contributed by atoms with van der Waals surface area (Å²) in [7, 11) is 0. The minimum Gasteiger partial charge on any atom is -0.242 e. The van der Waals surface area contributed by atoms with Gasteiger partial charge in [-0.1, -0.05) is 6.92 Å². The van der Waals surface area contributed by atoms with Gasteiger partial charge in [0.2, 0.25) is 0 Å². The van der Waals surface area contributed by atoms with Gasteiger partial charge in [0.1, 0.15) is 6.33 Å². The van der Waals surface area contributed by atoms with Crippen LogP contribution in [-0.4, -0.2) is 15.7 Å². The lowest BCUT2D eigenvalue weighted by molar-refractivity contribution is 1.00. The number of aromatic nitrogens is 2. The molecule has 0 saturated carbocycles. The van der Waals surface area contributed by atoms with E-state index in [1.54, 1.807) is 18.1 Å². The molecule has 0 aromatic carbocycles. The number of aryl methyl sites for hydroxylation is 1. The van der Waals surface area contributed by atoms with E-state index in [1.165, 1.54) is 6.42 Å². The van der Waals surface area contributed by atoms with Gasteiger partial charge < -0.3 is 0 Å². The summed E-state index contributed by atoms with van der Waals surface area (Å²) in [5, 5.41) is 1.08. The van der Waals surface area contributed by atoms with Gasteiger partial charge in [-0.3, -0.25) is 0 Å². The van der Waals surface area contributed by atoms with Gasteiger partial charge in [0.05, 0.1) is 5.03 Å². The van der Waals surface area contributed by atoms with Crippen LogP contribution in [0.4, 0.5) is 0 Å². The van der Waals surface area contributed by atoms with Crippen LogP contribution in [0, 0.1) is 6.92 Å². The maximum Gasteiger partial charge on any atom is 0.116 e. The summed E-state index contributed by atoms with van der Waals surface area (Å²) < 4.78 is 0. The molecule has 0 radical (unpaired) electrons. The summed E-state index contributed by atoms with van der Waals surface area (Å²) in [6.07, 6.45) is 2.81. The highest BCUT2D eigenvalue weighted by Gasteiger charge is 1.93. The molecule has 1 aromatic heterocycles. The summed E-state index contributed by atoms with van der Waals surface area (Å²) in [6.45, 7) is 4.15. The molecule has 0 aliphatic carbocycles. The van der Waals surface area contributed by atoms with Crippen molar-refractivity contribution in [3.63, 3.8) is 0 Å². The van der Waals surface area contributed by atoms with Crippen molar-refractivity contribution in [1.29, 1.82) is 0 Å². The van der Waals surface area contributed by atoms with E-state index in [-0.39, 0.29) is 0 Å². The third-order valence-electron chi connectivity index (χ3n) is 1.23. The van der Waals surface area contributed by atoms with E-state index in [9.17, 15) is 0 Å². The number of thioether (sulfide) groups is 1. The van der Waals surface area contributed by atoms with Crippen molar-refractivity contribution >= 4 is 11.8 Å². The summed E-state index contributed by atoms with van der Waals surface area (Å²) in [6, 6.07) is 2.01. The second kappa shape index (κ2) is 4.34. The van der Waals surface area contributed by atoms with Gasteiger partial charge in [-0.2, -0.15) is 0 Å². The maximum absolute atomic E-state index is 4.13. The lowest BCUT2D eigenvalue weighted by Gasteiger charge is -1.97. The Morgan fingerprint density at radius 1 is 1.45 bits per heavy atom. The molecule has 60 valence electrons. The van der Waals surface area contributed by atoms with Gasteiger partial charge in [-0.25, -0.2) is 9.97 Å². The lowest BCUT2D eigenvalue weighted by Crippen LogP contribution is -1.86. The number of rotatable bonds is 3.